The molecule has 4 nitrogen and oxygen atoms in total. The van der Waals surface area contributed by atoms with Crippen molar-refractivity contribution < 1.29 is 17.7 Å². The molecule has 0 atom stereocenters. The summed E-state index contributed by atoms with van der Waals surface area (Å²) in [6, 6.07) is 16.2. The first-order valence-corrected chi connectivity index (χ1v) is 15.7. The van der Waals surface area contributed by atoms with Crippen molar-refractivity contribution in [3.05, 3.63) is 48.5 Å². The van der Waals surface area contributed by atoms with E-state index in [2.05, 4.69) is 6.92 Å². The molecule has 0 aliphatic carbocycles. The van der Waals surface area contributed by atoms with Crippen LogP contribution in [0.25, 0.3) is 0 Å². The zero-order valence-corrected chi connectivity index (χ0v) is 21.4. The molecule has 0 bridgehead atoms. The van der Waals surface area contributed by atoms with Crippen LogP contribution in [0.2, 0.25) is 6.04 Å². The summed E-state index contributed by atoms with van der Waals surface area (Å²) >= 11 is 0. The summed E-state index contributed by atoms with van der Waals surface area (Å²) in [5.41, 5.74) is 0. The van der Waals surface area contributed by atoms with E-state index in [1.54, 1.807) is 0 Å². The summed E-state index contributed by atoms with van der Waals surface area (Å²) in [7, 11) is -4.03. The molecular weight excluding hydrogens is 428 g/mol. The Morgan fingerprint density at radius 3 is 1.09 bits per heavy atom. The van der Waals surface area contributed by atoms with Crippen molar-refractivity contribution in [2.75, 3.05) is 0 Å². The van der Waals surface area contributed by atoms with Crippen molar-refractivity contribution in [2.24, 2.45) is 0 Å². The second-order valence-corrected chi connectivity index (χ2v) is 13.2. The third-order valence-electron chi connectivity index (χ3n) is 6.87. The first-order valence-electron chi connectivity index (χ1n) is 13.3. The molecule has 2 heterocycles. The molecule has 33 heavy (non-hydrogen) atoms. The molecule has 0 saturated carbocycles. The van der Waals surface area contributed by atoms with E-state index in [1.165, 1.54) is 77.0 Å². The molecule has 2 aromatic rings. The number of benzene rings is 2. The van der Waals surface area contributed by atoms with Gasteiger partial charge >= 0.3 is 174 Å². The van der Waals surface area contributed by atoms with E-state index in [-0.39, 0.29) is 0 Å². The molecule has 0 N–H and O–H groups in total. The molecule has 0 aromatic heterocycles. The zero-order valence-electron chi connectivity index (χ0n) is 20.4. The van der Waals surface area contributed by atoms with E-state index in [1.807, 2.05) is 48.5 Å². The Kier molecular flexibility index (Phi) is 8.23. The van der Waals surface area contributed by atoms with E-state index in [9.17, 15) is 0 Å². The summed E-state index contributed by atoms with van der Waals surface area (Å²) in [5.74, 6) is 2.90. The van der Waals surface area contributed by atoms with Crippen LogP contribution in [0.3, 0.4) is 0 Å². The van der Waals surface area contributed by atoms with Gasteiger partial charge in [0.15, 0.2) is 0 Å². The van der Waals surface area contributed by atoms with Gasteiger partial charge in [-0.15, -0.1) is 0 Å². The van der Waals surface area contributed by atoms with Crippen molar-refractivity contribution in [3.8, 4) is 23.0 Å². The summed E-state index contributed by atoms with van der Waals surface area (Å²) in [6.45, 7) is 2.28. The van der Waals surface area contributed by atoms with Crippen LogP contribution in [0, 0.1) is 0 Å². The van der Waals surface area contributed by atoms with Gasteiger partial charge < -0.3 is 0 Å². The first kappa shape index (κ1) is 24.0. The zero-order chi connectivity index (χ0) is 22.8. The van der Waals surface area contributed by atoms with Crippen LogP contribution in [-0.2, 0) is 0 Å². The van der Waals surface area contributed by atoms with Crippen molar-refractivity contribution in [3.63, 3.8) is 0 Å². The van der Waals surface area contributed by atoms with E-state index in [4.69, 9.17) is 17.7 Å². The standard InChI is InChI=1S/C28H41O4Si/c1-2-3-4-5-6-7-8-9-10-11-12-13-14-19-24-33(29-25-20-15-16-21-26(25)30-33)31-27-22-17-18-23-28(27)32-33/h15-18,20-23H,2-14,19,24H2,1H3/q-1. The molecule has 5 heteroatoms. The topological polar surface area (TPSA) is 36.9 Å². The number of rotatable bonds is 15. The van der Waals surface area contributed by atoms with Gasteiger partial charge in [0, 0.05) is 0 Å². The molecule has 1 spiro atoms. The van der Waals surface area contributed by atoms with Crippen LogP contribution >= 0.6 is 0 Å². The van der Waals surface area contributed by atoms with E-state index in [0.29, 0.717) is 6.04 Å². The number of fused-ring (bicyclic) bond motifs is 2. The molecule has 0 unspecified atom stereocenters. The van der Waals surface area contributed by atoms with Crippen LogP contribution < -0.4 is 17.7 Å². The predicted molar refractivity (Wildman–Crippen MR) is 136 cm³/mol. The fourth-order valence-electron chi connectivity index (χ4n) is 5.02. The SMILES string of the molecule is CCCCCCCCCCCCCCCC[Si-]12(Oc3ccccc3O1)Oc1ccccc1O2. The molecule has 182 valence electrons. The Hall–Kier alpha value is -2.14. The van der Waals surface area contributed by atoms with Gasteiger partial charge in [-0.05, 0) is 0 Å². The van der Waals surface area contributed by atoms with Gasteiger partial charge in [-0.25, -0.2) is 0 Å². The van der Waals surface area contributed by atoms with Crippen LogP contribution in [0.1, 0.15) is 96.8 Å². The molecule has 0 amide bonds. The molecule has 4 rings (SSSR count). The van der Waals surface area contributed by atoms with Gasteiger partial charge in [0.1, 0.15) is 0 Å². The molecular formula is C28H41O4Si-. The van der Waals surface area contributed by atoms with Gasteiger partial charge in [-0.3, -0.25) is 0 Å². The number of para-hydroxylation sites is 4. The Labute approximate surface area is 200 Å². The maximum atomic E-state index is 6.43. The van der Waals surface area contributed by atoms with Crippen molar-refractivity contribution >= 4 is 8.33 Å². The maximum absolute atomic E-state index is 6.43. The van der Waals surface area contributed by atoms with Gasteiger partial charge in [0.05, 0.1) is 0 Å². The van der Waals surface area contributed by atoms with Gasteiger partial charge in [0.25, 0.3) is 0 Å². The van der Waals surface area contributed by atoms with Crippen LogP contribution in [0.5, 0.6) is 23.0 Å². The molecule has 2 aliphatic heterocycles. The number of hydrogen-bond acceptors (Lipinski definition) is 4. The second-order valence-electron chi connectivity index (χ2n) is 9.73. The van der Waals surface area contributed by atoms with Crippen molar-refractivity contribution in [1.29, 1.82) is 0 Å². The molecule has 0 radical (unpaired) electrons. The fourth-order valence-corrected chi connectivity index (χ4v) is 8.88. The third kappa shape index (κ3) is 6.06. The molecule has 0 saturated heterocycles. The molecule has 0 fully saturated rings. The van der Waals surface area contributed by atoms with Crippen LogP contribution in [0.15, 0.2) is 48.5 Å². The first-order chi connectivity index (χ1) is 16.2. The molecule has 2 aliphatic rings. The number of unbranched alkanes of at least 4 members (excludes halogenated alkanes) is 13. The Morgan fingerprint density at radius 1 is 0.455 bits per heavy atom. The minimum absolute atomic E-state index is 0.668. The van der Waals surface area contributed by atoms with Gasteiger partial charge in [0.2, 0.25) is 0 Å². The number of hydrogen-bond donors (Lipinski definition) is 0. The monoisotopic (exact) mass is 469 g/mol. The summed E-state index contributed by atoms with van der Waals surface area (Å²) in [6.07, 6.45) is 18.6. The van der Waals surface area contributed by atoms with Crippen LogP contribution in [-0.4, -0.2) is 8.33 Å². The normalized spacial score (nSPS) is 17.7. The fraction of sp³-hybridized carbons (Fsp3) is 0.571. The van der Waals surface area contributed by atoms with Crippen LogP contribution in [0.4, 0.5) is 0 Å². The van der Waals surface area contributed by atoms with Gasteiger partial charge in [-0.2, -0.15) is 0 Å². The second kappa shape index (κ2) is 11.3. The summed E-state index contributed by atoms with van der Waals surface area (Å²) < 4.78 is 25.7. The van der Waals surface area contributed by atoms with E-state index >= 15 is 0 Å². The predicted octanol–water partition coefficient (Wildman–Crippen LogP) is 8.80. The Bertz CT molecular complexity index is 771. The average molecular weight is 470 g/mol. The average Bonchev–Trinajstić information content (AvgIpc) is 3.33. The van der Waals surface area contributed by atoms with Crippen molar-refractivity contribution in [1.82, 2.24) is 0 Å². The molecule has 2 aromatic carbocycles. The minimum atomic E-state index is -4.03. The van der Waals surface area contributed by atoms with E-state index < -0.39 is 8.33 Å². The Morgan fingerprint density at radius 2 is 0.758 bits per heavy atom. The quantitative estimate of drug-likeness (QED) is 0.193. The van der Waals surface area contributed by atoms with E-state index in [0.717, 1.165) is 35.8 Å². The van der Waals surface area contributed by atoms with Gasteiger partial charge in [-0.1, -0.05) is 26.2 Å². The van der Waals surface area contributed by atoms with Crippen molar-refractivity contribution in [2.45, 2.75) is 103 Å². The Balaban J connectivity index is 1.16. The third-order valence-corrected chi connectivity index (χ3v) is 10.5. The summed E-state index contributed by atoms with van der Waals surface area (Å²) in [5, 5.41) is 0. The summed E-state index contributed by atoms with van der Waals surface area (Å²) in [4.78, 5) is 0.